The maximum atomic E-state index is 12.5. The van der Waals surface area contributed by atoms with Crippen LogP contribution in [0.2, 0.25) is 0 Å². The van der Waals surface area contributed by atoms with Crippen LogP contribution in [-0.4, -0.2) is 55.7 Å². The van der Waals surface area contributed by atoms with E-state index in [1.165, 1.54) is 0 Å². The van der Waals surface area contributed by atoms with Crippen molar-refractivity contribution in [2.45, 2.75) is 26.5 Å². The minimum atomic E-state index is -0.786. The highest BCUT2D eigenvalue weighted by Gasteiger charge is 2.17. The van der Waals surface area contributed by atoms with Crippen LogP contribution < -0.4 is 20.3 Å². The van der Waals surface area contributed by atoms with Crippen molar-refractivity contribution in [2.24, 2.45) is 0 Å². The molecule has 2 N–H and O–H groups in total. The molecule has 1 aliphatic heterocycles. The van der Waals surface area contributed by atoms with Gasteiger partial charge in [-0.05, 0) is 55.8 Å². The summed E-state index contributed by atoms with van der Waals surface area (Å²) in [6.45, 7) is 8.05. The standard InChI is InChI=1S/C23H29N3O5/c1-3-30-20-7-9-21(10-8-20)31-17(2)22(27)24-25-23(28)19-6-4-5-18(15-19)16-26-11-13-29-14-12-26/h4-10,15,17H,3,11-14,16H2,1-2H3,(H,24,27)(H,25,28). The summed E-state index contributed by atoms with van der Waals surface area (Å²) < 4.78 is 16.4. The topological polar surface area (TPSA) is 89.1 Å². The average molecular weight is 428 g/mol. The summed E-state index contributed by atoms with van der Waals surface area (Å²) in [5.74, 6) is 0.431. The highest BCUT2D eigenvalue weighted by molar-refractivity contribution is 5.95. The van der Waals surface area contributed by atoms with Gasteiger partial charge in [-0.1, -0.05) is 12.1 Å². The van der Waals surface area contributed by atoms with Crippen LogP contribution in [0.4, 0.5) is 0 Å². The van der Waals surface area contributed by atoms with Crippen LogP contribution in [0.15, 0.2) is 48.5 Å². The molecule has 0 aromatic heterocycles. The second kappa shape index (κ2) is 11.3. The van der Waals surface area contributed by atoms with Gasteiger partial charge in [-0.15, -0.1) is 0 Å². The fourth-order valence-electron chi connectivity index (χ4n) is 3.16. The first kappa shape index (κ1) is 22.6. The molecule has 1 atom stereocenters. The lowest BCUT2D eigenvalue weighted by Gasteiger charge is -2.26. The van der Waals surface area contributed by atoms with Crippen molar-refractivity contribution in [3.05, 3.63) is 59.7 Å². The number of carbonyl (C=O) groups is 2. The molecular weight excluding hydrogens is 398 g/mol. The minimum absolute atomic E-state index is 0.384. The maximum Gasteiger partial charge on any atom is 0.279 e. The van der Waals surface area contributed by atoms with Crippen molar-refractivity contribution in [1.82, 2.24) is 15.8 Å². The highest BCUT2D eigenvalue weighted by Crippen LogP contribution is 2.18. The van der Waals surface area contributed by atoms with Gasteiger partial charge in [0.25, 0.3) is 11.8 Å². The first-order valence-corrected chi connectivity index (χ1v) is 10.4. The van der Waals surface area contributed by atoms with Crippen molar-refractivity contribution < 1.29 is 23.8 Å². The number of nitrogens with zero attached hydrogens (tertiary/aromatic N) is 1. The Balaban J connectivity index is 1.47. The molecule has 0 spiro atoms. The van der Waals surface area contributed by atoms with E-state index in [9.17, 15) is 9.59 Å². The number of ether oxygens (including phenoxy) is 3. The minimum Gasteiger partial charge on any atom is -0.494 e. The molecule has 8 nitrogen and oxygen atoms in total. The van der Waals surface area contributed by atoms with Gasteiger partial charge < -0.3 is 14.2 Å². The zero-order chi connectivity index (χ0) is 22.1. The Kier molecular flexibility index (Phi) is 8.26. The van der Waals surface area contributed by atoms with Crippen LogP contribution >= 0.6 is 0 Å². The summed E-state index contributed by atoms with van der Waals surface area (Å²) in [6, 6.07) is 14.4. The molecule has 166 valence electrons. The third-order valence-corrected chi connectivity index (χ3v) is 4.82. The molecule has 2 aromatic carbocycles. The van der Waals surface area contributed by atoms with Gasteiger partial charge in [-0.3, -0.25) is 25.3 Å². The molecule has 1 fully saturated rings. The number of nitrogens with one attached hydrogen (secondary N) is 2. The number of rotatable bonds is 8. The van der Waals surface area contributed by atoms with Crippen LogP contribution in [0, 0.1) is 0 Å². The van der Waals surface area contributed by atoms with Crippen LogP contribution in [0.5, 0.6) is 11.5 Å². The molecule has 0 aliphatic carbocycles. The summed E-state index contributed by atoms with van der Waals surface area (Å²) >= 11 is 0. The Labute approximate surface area is 182 Å². The summed E-state index contributed by atoms with van der Waals surface area (Å²) in [7, 11) is 0. The molecule has 0 bridgehead atoms. The van der Waals surface area contributed by atoms with E-state index in [0.29, 0.717) is 17.9 Å². The molecule has 0 saturated carbocycles. The van der Waals surface area contributed by atoms with E-state index in [4.69, 9.17) is 14.2 Å². The van der Waals surface area contributed by atoms with E-state index in [1.54, 1.807) is 37.3 Å². The first-order chi connectivity index (χ1) is 15.0. The molecule has 2 amide bonds. The summed E-state index contributed by atoms with van der Waals surface area (Å²) in [5, 5.41) is 0. The van der Waals surface area contributed by atoms with Gasteiger partial charge in [0.05, 0.1) is 19.8 Å². The Bertz CT molecular complexity index is 866. The molecule has 1 unspecified atom stereocenters. The predicted octanol–water partition coefficient (Wildman–Crippen LogP) is 2.15. The van der Waals surface area contributed by atoms with E-state index in [0.717, 1.165) is 44.2 Å². The third-order valence-electron chi connectivity index (χ3n) is 4.82. The van der Waals surface area contributed by atoms with Crippen LogP contribution in [0.1, 0.15) is 29.8 Å². The van der Waals surface area contributed by atoms with Crippen molar-refractivity contribution in [1.29, 1.82) is 0 Å². The number of hydrazine groups is 1. The van der Waals surface area contributed by atoms with Gasteiger partial charge in [0.2, 0.25) is 0 Å². The largest absolute Gasteiger partial charge is 0.494 e. The number of hydrogen-bond donors (Lipinski definition) is 2. The zero-order valence-corrected chi connectivity index (χ0v) is 17.9. The Morgan fingerprint density at radius 1 is 1.06 bits per heavy atom. The molecule has 31 heavy (non-hydrogen) atoms. The second-order valence-corrected chi connectivity index (χ2v) is 7.20. The molecule has 1 aliphatic rings. The second-order valence-electron chi connectivity index (χ2n) is 7.20. The Morgan fingerprint density at radius 2 is 1.77 bits per heavy atom. The fourth-order valence-corrected chi connectivity index (χ4v) is 3.16. The average Bonchev–Trinajstić information content (AvgIpc) is 2.79. The van der Waals surface area contributed by atoms with Crippen molar-refractivity contribution in [3.8, 4) is 11.5 Å². The smallest absolute Gasteiger partial charge is 0.279 e. The maximum absolute atomic E-state index is 12.5. The van der Waals surface area contributed by atoms with Crippen molar-refractivity contribution in [3.63, 3.8) is 0 Å². The van der Waals surface area contributed by atoms with E-state index in [-0.39, 0.29) is 5.91 Å². The van der Waals surface area contributed by atoms with Crippen LogP contribution in [0.25, 0.3) is 0 Å². The molecule has 8 heteroatoms. The zero-order valence-electron chi connectivity index (χ0n) is 17.9. The number of morpholine rings is 1. The summed E-state index contributed by atoms with van der Waals surface area (Å²) in [4.78, 5) is 27.0. The van der Waals surface area contributed by atoms with E-state index < -0.39 is 12.0 Å². The van der Waals surface area contributed by atoms with Crippen molar-refractivity contribution in [2.75, 3.05) is 32.9 Å². The Morgan fingerprint density at radius 3 is 2.48 bits per heavy atom. The fraction of sp³-hybridized carbons (Fsp3) is 0.391. The molecule has 2 aromatic rings. The molecular formula is C23H29N3O5. The van der Waals surface area contributed by atoms with E-state index in [2.05, 4.69) is 15.8 Å². The number of amides is 2. The van der Waals surface area contributed by atoms with Crippen molar-refractivity contribution >= 4 is 11.8 Å². The van der Waals surface area contributed by atoms with Gasteiger partial charge >= 0.3 is 0 Å². The number of hydrogen-bond acceptors (Lipinski definition) is 6. The number of carbonyl (C=O) groups excluding carboxylic acids is 2. The van der Waals surface area contributed by atoms with E-state index >= 15 is 0 Å². The lowest BCUT2D eigenvalue weighted by atomic mass is 10.1. The lowest BCUT2D eigenvalue weighted by Crippen LogP contribution is -2.47. The predicted molar refractivity (Wildman–Crippen MR) is 116 cm³/mol. The highest BCUT2D eigenvalue weighted by atomic mass is 16.5. The third kappa shape index (κ3) is 6.97. The lowest BCUT2D eigenvalue weighted by molar-refractivity contribution is -0.128. The molecule has 0 radical (unpaired) electrons. The van der Waals surface area contributed by atoms with Gasteiger partial charge in [0.1, 0.15) is 11.5 Å². The van der Waals surface area contributed by atoms with E-state index in [1.807, 2.05) is 25.1 Å². The molecule has 1 saturated heterocycles. The molecule has 1 heterocycles. The van der Waals surface area contributed by atoms with Crippen LogP contribution in [0.3, 0.4) is 0 Å². The van der Waals surface area contributed by atoms with Gasteiger partial charge in [-0.2, -0.15) is 0 Å². The van der Waals surface area contributed by atoms with Gasteiger partial charge in [0, 0.05) is 25.2 Å². The van der Waals surface area contributed by atoms with Gasteiger partial charge in [0.15, 0.2) is 6.10 Å². The number of benzene rings is 2. The first-order valence-electron chi connectivity index (χ1n) is 10.4. The summed E-state index contributed by atoms with van der Waals surface area (Å²) in [6.07, 6.45) is -0.786. The summed E-state index contributed by atoms with van der Waals surface area (Å²) in [5.41, 5.74) is 6.38. The Hall–Kier alpha value is -3.10. The quantitative estimate of drug-likeness (QED) is 0.628. The normalized spacial score (nSPS) is 15.0. The SMILES string of the molecule is CCOc1ccc(OC(C)C(=O)NNC(=O)c2cccc(CN3CCOCC3)c2)cc1. The van der Waals surface area contributed by atoms with Crippen LogP contribution in [-0.2, 0) is 16.1 Å². The molecule has 3 rings (SSSR count). The monoisotopic (exact) mass is 427 g/mol. The van der Waals surface area contributed by atoms with Gasteiger partial charge in [-0.25, -0.2) is 0 Å².